The molecule has 0 saturated carbocycles. The number of fused-ring (bicyclic) bond motifs is 1. The van der Waals surface area contributed by atoms with Crippen LogP contribution in [-0.4, -0.2) is 37.5 Å². The molecule has 146 valence electrons. The highest BCUT2D eigenvalue weighted by molar-refractivity contribution is 5.78. The maximum atomic E-state index is 12.9. The van der Waals surface area contributed by atoms with E-state index >= 15 is 0 Å². The normalized spacial score (nSPS) is 18.1. The number of pyridine rings is 1. The summed E-state index contributed by atoms with van der Waals surface area (Å²) in [6.07, 6.45) is -1.99. The first-order chi connectivity index (χ1) is 12.6. The zero-order valence-corrected chi connectivity index (χ0v) is 14.9. The van der Waals surface area contributed by atoms with E-state index < -0.39 is 29.7 Å². The number of piperidine rings is 1. The Bertz CT molecular complexity index is 1010. The average Bonchev–Trinajstić information content (AvgIpc) is 2.62. The quantitative estimate of drug-likeness (QED) is 0.787. The summed E-state index contributed by atoms with van der Waals surface area (Å²) >= 11 is 0. The molecular formula is C17H19F3N4O3. The molecule has 0 radical (unpaired) electrons. The van der Waals surface area contributed by atoms with Crippen molar-refractivity contribution in [3.8, 4) is 0 Å². The second kappa shape index (κ2) is 6.82. The van der Waals surface area contributed by atoms with Crippen molar-refractivity contribution in [1.29, 1.82) is 0 Å². The Morgan fingerprint density at radius 3 is 2.59 bits per heavy atom. The summed E-state index contributed by atoms with van der Waals surface area (Å²) in [7, 11) is 1.22. The van der Waals surface area contributed by atoms with Gasteiger partial charge in [0.25, 0.3) is 5.56 Å². The predicted molar refractivity (Wildman–Crippen MR) is 91.3 cm³/mol. The Labute approximate surface area is 152 Å². The minimum atomic E-state index is -4.69. The fourth-order valence-corrected chi connectivity index (χ4v) is 3.37. The van der Waals surface area contributed by atoms with E-state index in [1.807, 2.05) is 6.92 Å². The molecule has 1 unspecified atom stereocenters. The largest absolute Gasteiger partial charge is 0.433 e. The Balaban J connectivity index is 2.06. The molecular weight excluding hydrogens is 365 g/mol. The Morgan fingerprint density at radius 2 is 1.96 bits per heavy atom. The van der Waals surface area contributed by atoms with Crippen LogP contribution in [0.15, 0.2) is 21.7 Å². The van der Waals surface area contributed by atoms with Crippen molar-refractivity contribution in [3.05, 3.63) is 38.7 Å². The second-order valence-corrected chi connectivity index (χ2v) is 6.73. The number of alkyl halides is 3. The number of carbonyl (C=O) groups excluding carboxylic acids is 1. The van der Waals surface area contributed by atoms with Gasteiger partial charge in [0.15, 0.2) is 0 Å². The summed E-state index contributed by atoms with van der Waals surface area (Å²) in [5.41, 5.74) is -3.26. The topological polar surface area (TPSA) is 77.2 Å². The number of hydrogen-bond acceptors (Lipinski definition) is 4. The molecule has 3 rings (SSSR count). The third-order valence-electron chi connectivity index (χ3n) is 4.89. The van der Waals surface area contributed by atoms with E-state index in [4.69, 9.17) is 0 Å². The molecule has 1 atom stereocenters. The molecule has 0 bridgehead atoms. The molecule has 1 aliphatic heterocycles. The molecule has 1 saturated heterocycles. The molecule has 1 fully saturated rings. The van der Waals surface area contributed by atoms with Crippen LogP contribution < -0.4 is 11.2 Å². The lowest BCUT2D eigenvalue weighted by Crippen LogP contribution is -2.48. The van der Waals surface area contributed by atoms with Crippen LogP contribution in [0, 0.1) is 0 Å². The number of rotatable bonds is 2. The van der Waals surface area contributed by atoms with Gasteiger partial charge in [-0.05, 0) is 38.3 Å². The van der Waals surface area contributed by atoms with Crippen LogP contribution in [0.4, 0.5) is 13.2 Å². The van der Waals surface area contributed by atoms with Gasteiger partial charge in [-0.15, -0.1) is 0 Å². The highest BCUT2D eigenvalue weighted by atomic mass is 19.4. The van der Waals surface area contributed by atoms with E-state index in [0.717, 1.165) is 34.5 Å². The molecule has 0 spiro atoms. The molecule has 10 heteroatoms. The first kappa shape index (κ1) is 19.1. The van der Waals surface area contributed by atoms with Crippen molar-refractivity contribution >= 4 is 16.9 Å². The van der Waals surface area contributed by atoms with Crippen molar-refractivity contribution in [1.82, 2.24) is 19.0 Å². The molecule has 0 aromatic carbocycles. The van der Waals surface area contributed by atoms with E-state index in [9.17, 15) is 27.6 Å². The van der Waals surface area contributed by atoms with Crippen LogP contribution in [0.1, 0.15) is 31.9 Å². The van der Waals surface area contributed by atoms with Crippen molar-refractivity contribution < 1.29 is 18.0 Å². The minimum absolute atomic E-state index is 0.0160. The van der Waals surface area contributed by atoms with E-state index in [-0.39, 0.29) is 23.0 Å². The van der Waals surface area contributed by atoms with Gasteiger partial charge in [-0.2, -0.15) is 13.2 Å². The smallest absolute Gasteiger partial charge is 0.338 e. The molecule has 0 aliphatic carbocycles. The van der Waals surface area contributed by atoms with Crippen LogP contribution in [-0.2, 0) is 24.6 Å². The third-order valence-corrected chi connectivity index (χ3v) is 4.89. The van der Waals surface area contributed by atoms with Crippen molar-refractivity contribution in [3.63, 3.8) is 0 Å². The molecule has 2 aromatic rings. The number of aryl methyl sites for hydroxylation is 1. The lowest BCUT2D eigenvalue weighted by Gasteiger charge is -2.33. The van der Waals surface area contributed by atoms with Crippen LogP contribution in [0.5, 0.6) is 0 Å². The number of nitrogens with zero attached hydrogens (tertiary/aromatic N) is 4. The number of amides is 1. The van der Waals surface area contributed by atoms with Gasteiger partial charge in [-0.25, -0.2) is 9.78 Å². The monoisotopic (exact) mass is 384 g/mol. The number of aromatic nitrogens is 3. The van der Waals surface area contributed by atoms with Gasteiger partial charge < -0.3 is 4.90 Å². The molecule has 1 amide bonds. The van der Waals surface area contributed by atoms with Crippen molar-refractivity contribution in [2.75, 3.05) is 6.54 Å². The predicted octanol–water partition coefficient (Wildman–Crippen LogP) is 1.52. The number of likely N-dealkylation sites (tertiary alicyclic amines) is 1. The first-order valence-electron chi connectivity index (χ1n) is 8.58. The van der Waals surface area contributed by atoms with Crippen LogP contribution in [0.25, 0.3) is 11.0 Å². The summed E-state index contributed by atoms with van der Waals surface area (Å²) in [4.78, 5) is 42.7. The first-order valence-corrected chi connectivity index (χ1v) is 8.58. The fourth-order valence-electron chi connectivity index (χ4n) is 3.37. The Hall–Kier alpha value is -2.65. The Kier molecular flexibility index (Phi) is 4.83. The van der Waals surface area contributed by atoms with Gasteiger partial charge in [0, 0.05) is 19.6 Å². The maximum Gasteiger partial charge on any atom is 0.433 e. The fraction of sp³-hybridized carbons (Fsp3) is 0.529. The highest BCUT2D eigenvalue weighted by Gasteiger charge is 2.33. The summed E-state index contributed by atoms with van der Waals surface area (Å²) < 4.78 is 40.2. The number of hydrogen-bond donors (Lipinski definition) is 0. The SMILES string of the molecule is CC1CCCCN1C(=O)Cn1c(=O)c2ccc(C(F)(F)F)nc2n(C)c1=O. The van der Waals surface area contributed by atoms with Gasteiger partial charge in [0.1, 0.15) is 17.9 Å². The van der Waals surface area contributed by atoms with Crippen LogP contribution >= 0.6 is 0 Å². The lowest BCUT2D eigenvalue weighted by atomic mass is 10.0. The maximum absolute atomic E-state index is 12.9. The van der Waals surface area contributed by atoms with E-state index in [2.05, 4.69) is 4.98 Å². The Morgan fingerprint density at radius 1 is 1.26 bits per heavy atom. The van der Waals surface area contributed by atoms with Crippen LogP contribution in [0.3, 0.4) is 0 Å². The molecule has 7 nitrogen and oxygen atoms in total. The third kappa shape index (κ3) is 3.47. The highest BCUT2D eigenvalue weighted by Crippen LogP contribution is 2.28. The number of halogens is 3. The van der Waals surface area contributed by atoms with Gasteiger partial charge in [-0.3, -0.25) is 18.7 Å². The molecule has 27 heavy (non-hydrogen) atoms. The second-order valence-electron chi connectivity index (χ2n) is 6.73. The molecule has 3 heterocycles. The van der Waals surface area contributed by atoms with Gasteiger partial charge in [-0.1, -0.05) is 0 Å². The summed E-state index contributed by atoms with van der Waals surface area (Å²) in [6, 6.07) is 1.69. The molecule has 2 aromatic heterocycles. The standard InChI is InChI=1S/C17H19F3N4O3/c1-10-5-3-4-8-23(10)13(25)9-24-15(26)11-6-7-12(17(18,19)20)21-14(11)22(2)16(24)27/h6-7,10H,3-5,8-9H2,1-2H3. The summed E-state index contributed by atoms with van der Waals surface area (Å²) in [5, 5.41) is -0.149. The molecule has 1 aliphatic rings. The zero-order valence-electron chi connectivity index (χ0n) is 14.9. The van der Waals surface area contributed by atoms with Crippen molar-refractivity contribution in [2.24, 2.45) is 7.05 Å². The van der Waals surface area contributed by atoms with Gasteiger partial charge >= 0.3 is 11.9 Å². The summed E-state index contributed by atoms with van der Waals surface area (Å²) in [6.45, 7) is 2.01. The van der Waals surface area contributed by atoms with E-state index in [1.165, 1.54) is 7.05 Å². The van der Waals surface area contributed by atoms with Crippen LogP contribution in [0.2, 0.25) is 0 Å². The zero-order chi connectivity index (χ0) is 19.9. The van der Waals surface area contributed by atoms with Crippen molar-refractivity contribution in [2.45, 2.75) is 44.9 Å². The molecule has 0 N–H and O–H groups in total. The van der Waals surface area contributed by atoms with E-state index in [1.54, 1.807) is 4.90 Å². The van der Waals surface area contributed by atoms with Gasteiger partial charge in [0.05, 0.1) is 5.39 Å². The number of carbonyl (C=O) groups is 1. The summed E-state index contributed by atoms with van der Waals surface area (Å²) in [5.74, 6) is -0.361. The minimum Gasteiger partial charge on any atom is -0.338 e. The average molecular weight is 384 g/mol. The van der Waals surface area contributed by atoms with Gasteiger partial charge in [0.2, 0.25) is 5.91 Å². The van der Waals surface area contributed by atoms with E-state index in [0.29, 0.717) is 12.6 Å². The lowest BCUT2D eigenvalue weighted by molar-refractivity contribution is -0.141.